The molecule has 0 aliphatic rings. The molecule has 2 rings (SSSR count). The van der Waals surface area contributed by atoms with E-state index in [1.54, 1.807) is 10.7 Å². The molecule has 0 radical (unpaired) electrons. The van der Waals surface area contributed by atoms with Gasteiger partial charge in [0.25, 0.3) is 5.91 Å². The Bertz CT molecular complexity index is 566. The normalized spacial score (nSPS) is 11.9. The molecule has 0 fully saturated rings. The molecule has 3 N–H and O–H groups in total. The third-order valence-corrected chi connectivity index (χ3v) is 2.64. The van der Waals surface area contributed by atoms with Crippen molar-refractivity contribution in [1.29, 1.82) is 0 Å². The summed E-state index contributed by atoms with van der Waals surface area (Å²) in [5.74, 6) is -0.163. The maximum Gasteiger partial charge on any atom is 0.256 e. The summed E-state index contributed by atoms with van der Waals surface area (Å²) in [6.07, 6.45) is 4.07. The molecule has 104 valence electrons. The van der Waals surface area contributed by atoms with E-state index in [-0.39, 0.29) is 24.4 Å². The van der Waals surface area contributed by atoms with Gasteiger partial charge >= 0.3 is 0 Å². The number of halogens is 1. The van der Waals surface area contributed by atoms with Crippen molar-refractivity contribution in [3.05, 3.63) is 29.7 Å². The van der Waals surface area contributed by atoms with Gasteiger partial charge in [0.05, 0.1) is 6.20 Å². The number of nitrogens with one attached hydrogen (secondary N) is 1. The zero-order valence-corrected chi connectivity index (χ0v) is 11.8. The molecule has 7 heteroatoms. The van der Waals surface area contributed by atoms with Crippen molar-refractivity contribution >= 4 is 24.0 Å². The second-order valence-electron chi connectivity index (χ2n) is 4.42. The summed E-state index contributed by atoms with van der Waals surface area (Å²) >= 11 is 0. The highest BCUT2D eigenvalue weighted by Gasteiger charge is 2.13. The molecule has 19 heavy (non-hydrogen) atoms. The molecule has 0 spiro atoms. The Morgan fingerprint density at radius 1 is 1.58 bits per heavy atom. The number of rotatable bonds is 4. The fraction of sp³-hybridized carbons (Fsp3) is 0.417. The summed E-state index contributed by atoms with van der Waals surface area (Å²) in [5, 5.41) is 6.91. The first-order valence-electron chi connectivity index (χ1n) is 5.92. The largest absolute Gasteiger partial charge is 0.352 e. The lowest BCUT2D eigenvalue weighted by molar-refractivity contribution is 0.0954. The SMILES string of the molecule is Cc1ccn2ncc(C(=O)NCCC(C)N)c2n1.Cl. The van der Waals surface area contributed by atoms with Gasteiger partial charge < -0.3 is 11.1 Å². The molecule has 2 aromatic heterocycles. The Hall–Kier alpha value is -1.66. The molecule has 1 atom stereocenters. The van der Waals surface area contributed by atoms with Crippen LogP contribution in [-0.2, 0) is 0 Å². The maximum absolute atomic E-state index is 12.0. The molecule has 2 aromatic rings. The number of nitrogens with zero attached hydrogens (tertiary/aromatic N) is 3. The number of carbonyl (C=O) groups excluding carboxylic acids is 1. The first-order valence-corrected chi connectivity index (χ1v) is 5.92. The highest BCUT2D eigenvalue weighted by atomic mass is 35.5. The van der Waals surface area contributed by atoms with Gasteiger partial charge in [0, 0.05) is 24.5 Å². The first-order chi connectivity index (χ1) is 8.58. The lowest BCUT2D eigenvalue weighted by Gasteiger charge is -2.06. The van der Waals surface area contributed by atoms with Gasteiger partial charge in [0.15, 0.2) is 5.65 Å². The number of fused-ring (bicyclic) bond motifs is 1. The van der Waals surface area contributed by atoms with E-state index in [4.69, 9.17) is 5.73 Å². The summed E-state index contributed by atoms with van der Waals surface area (Å²) in [7, 11) is 0. The Balaban J connectivity index is 0.00000180. The second-order valence-corrected chi connectivity index (χ2v) is 4.42. The molecular weight excluding hydrogens is 266 g/mol. The minimum atomic E-state index is -0.163. The van der Waals surface area contributed by atoms with Crippen molar-refractivity contribution in [2.75, 3.05) is 6.54 Å². The van der Waals surface area contributed by atoms with Crippen molar-refractivity contribution in [2.24, 2.45) is 5.73 Å². The van der Waals surface area contributed by atoms with Crippen molar-refractivity contribution in [1.82, 2.24) is 19.9 Å². The van der Waals surface area contributed by atoms with Crippen molar-refractivity contribution in [3.63, 3.8) is 0 Å². The van der Waals surface area contributed by atoms with Gasteiger partial charge in [-0.25, -0.2) is 9.50 Å². The van der Waals surface area contributed by atoms with Gasteiger partial charge in [0.1, 0.15) is 5.56 Å². The summed E-state index contributed by atoms with van der Waals surface area (Å²) < 4.78 is 1.59. The standard InChI is InChI=1S/C12H17N5O.ClH/c1-8(13)3-5-14-12(18)10-7-15-17-6-4-9(2)16-11(10)17;/h4,6-8H,3,5,13H2,1-2H3,(H,14,18);1H. The van der Waals surface area contributed by atoms with E-state index in [2.05, 4.69) is 15.4 Å². The van der Waals surface area contributed by atoms with Crippen molar-refractivity contribution in [2.45, 2.75) is 26.3 Å². The van der Waals surface area contributed by atoms with Crippen LogP contribution in [-0.4, -0.2) is 33.1 Å². The van der Waals surface area contributed by atoms with Crippen LogP contribution in [0.2, 0.25) is 0 Å². The van der Waals surface area contributed by atoms with E-state index < -0.39 is 0 Å². The van der Waals surface area contributed by atoms with Crippen LogP contribution in [0.1, 0.15) is 29.4 Å². The minimum Gasteiger partial charge on any atom is -0.352 e. The fourth-order valence-electron chi connectivity index (χ4n) is 1.63. The second kappa shape index (κ2) is 6.49. The van der Waals surface area contributed by atoms with E-state index >= 15 is 0 Å². The molecule has 2 heterocycles. The maximum atomic E-state index is 12.0. The molecule has 0 aliphatic heterocycles. The van der Waals surface area contributed by atoms with Crippen LogP contribution in [0.4, 0.5) is 0 Å². The number of hydrogen-bond acceptors (Lipinski definition) is 4. The van der Waals surface area contributed by atoms with Crippen LogP contribution in [0.25, 0.3) is 5.65 Å². The van der Waals surface area contributed by atoms with Crippen LogP contribution in [0.15, 0.2) is 18.5 Å². The van der Waals surface area contributed by atoms with Crippen molar-refractivity contribution < 1.29 is 4.79 Å². The van der Waals surface area contributed by atoms with E-state index in [1.807, 2.05) is 19.9 Å². The number of carbonyl (C=O) groups is 1. The molecule has 0 saturated carbocycles. The topological polar surface area (TPSA) is 85.3 Å². The minimum absolute atomic E-state index is 0. The van der Waals surface area contributed by atoms with E-state index in [0.717, 1.165) is 12.1 Å². The monoisotopic (exact) mass is 283 g/mol. The van der Waals surface area contributed by atoms with Crippen LogP contribution < -0.4 is 11.1 Å². The molecule has 0 bridgehead atoms. The Morgan fingerprint density at radius 2 is 2.32 bits per heavy atom. The fourth-order valence-corrected chi connectivity index (χ4v) is 1.63. The summed E-state index contributed by atoms with van der Waals surface area (Å²) in [6.45, 7) is 4.34. The average Bonchev–Trinajstić information content (AvgIpc) is 2.71. The number of aromatic nitrogens is 3. The number of hydrogen-bond donors (Lipinski definition) is 2. The smallest absolute Gasteiger partial charge is 0.256 e. The van der Waals surface area contributed by atoms with Crippen LogP contribution >= 0.6 is 12.4 Å². The third-order valence-electron chi connectivity index (χ3n) is 2.64. The molecule has 0 saturated heterocycles. The molecule has 0 aliphatic carbocycles. The van der Waals surface area contributed by atoms with E-state index in [9.17, 15) is 4.79 Å². The molecule has 1 amide bonds. The average molecular weight is 284 g/mol. The van der Waals surface area contributed by atoms with Crippen LogP contribution in [0.3, 0.4) is 0 Å². The molecular formula is C12H18ClN5O. The van der Waals surface area contributed by atoms with E-state index in [0.29, 0.717) is 17.8 Å². The van der Waals surface area contributed by atoms with Gasteiger partial charge in [-0.05, 0) is 26.3 Å². The summed E-state index contributed by atoms with van der Waals surface area (Å²) in [4.78, 5) is 16.3. The number of aryl methyl sites for hydroxylation is 1. The van der Waals surface area contributed by atoms with Gasteiger partial charge in [-0.2, -0.15) is 5.10 Å². The Kier molecular flexibility index (Phi) is 5.26. The Morgan fingerprint density at radius 3 is 3.00 bits per heavy atom. The van der Waals surface area contributed by atoms with Crippen LogP contribution in [0, 0.1) is 6.92 Å². The zero-order valence-electron chi connectivity index (χ0n) is 11.0. The highest BCUT2D eigenvalue weighted by Crippen LogP contribution is 2.08. The predicted octanol–water partition coefficient (Wildman–Crippen LogP) is 0.927. The Labute approximate surface area is 117 Å². The quantitative estimate of drug-likeness (QED) is 0.874. The van der Waals surface area contributed by atoms with E-state index in [1.165, 1.54) is 6.20 Å². The molecule has 0 aromatic carbocycles. The summed E-state index contributed by atoms with van der Waals surface area (Å²) in [5.41, 5.74) is 7.55. The lowest BCUT2D eigenvalue weighted by atomic mass is 10.2. The predicted molar refractivity (Wildman–Crippen MR) is 75.6 cm³/mol. The van der Waals surface area contributed by atoms with Gasteiger partial charge in [0.2, 0.25) is 0 Å². The van der Waals surface area contributed by atoms with Gasteiger partial charge in [-0.1, -0.05) is 0 Å². The summed E-state index contributed by atoms with van der Waals surface area (Å²) in [6, 6.07) is 1.92. The van der Waals surface area contributed by atoms with Gasteiger partial charge in [-0.15, -0.1) is 12.4 Å². The third kappa shape index (κ3) is 3.65. The number of amides is 1. The first kappa shape index (κ1) is 15.4. The molecule has 1 unspecified atom stereocenters. The van der Waals surface area contributed by atoms with Gasteiger partial charge in [-0.3, -0.25) is 4.79 Å². The van der Waals surface area contributed by atoms with Crippen LogP contribution in [0.5, 0.6) is 0 Å². The zero-order chi connectivity index (χ0) is 13.1. The molecule has 6 nitrogen and oxygen atoms in total. The van der Waals surface area contributed by atoms with Crippen molar-refractivity contribution in [3.8, 4) is 0 Å². The number of nitrogens with two attached hydrogens (primary N) is 1. The highest BCUT2D eigenvalue weighted by molar-refractivity contribution is 5.99. The lowest BCUT2D eigenvalue weighted by Crippen LogP contribution is -2.28.